The maximum Gasteiger partial charge on any atom is 0.241 e. The average Bonchev–Trinajstić information content (AvgIpc) is 2.62. The highest BCUT2D eigenvalue weighted by Gasteiger charge is 2.25. The first-order valence-corrected chi connectivity index (χ1v) is 9.71. The van der Waals surface area contributed by atoms with Crippen molar-refractivity contribution in [3.05, 3.63) is 77.9 Å². The third kappa shape index (κ3) is 3.76. The molecule has 0 saturated carbocycles. The van der Waals surface area contributed by atoms with Gasteiger partial charge < -0.3 is 5.73 Å². The molecule has 1 amide bonds. The number of carbonyl (C=O) groups is 1. The predicted octanol–water partition coefficient (Wildman–Crippen LogP) is 2.52. The molecule has 5 nitrogen and oxygen atoms in total. The highest BCUT2D eigenvalue weighted by Crippen LogP contribution is 2.26. The van der Waals surface area contributed by atoms with Crippen LogP contribution in [0, 0.1) is 6.92 Å². The van der Waals surface area contributed by atoms with Crippen molar-refractivity contribution in [1.82, 2.24) is 4.72 Å². The van der Waals surface area contributed by atoms with Crippen LogP contribution in [0.2, 0.25) is 0 Å². The summed E-state index contributed by atoms with van der Waals surface area (Å²) in [5.41, 5.74) is 7.25. The second-order valence-electron chi connectivity index (χ2n) is 6.19. The molecule has 3 aromatic rings. The van der Waals surface area contributed by atoms with Gasteiger partial charge >= 0.3 is 0 Å². The van der Waals surface area contributed by atoms with Gasteiger partial charge in [-0.1, -0.05) is 60.7 Å². The Morgan fingerprint density at radius 2 is 1.58 bits per heavy atom. The van der Waals surface area contributed by atoms with E-state index >= 15 is 0 Å². The van der Waals surface area contributed by atoms with Crippen molar-refractivity contribution in [2.45, 2.75) is 24.3 Å². The van der Waals surface area contributed by atoms with E-state index in [9.17, 15) is 13.2 Å². The smallest absolute Gasteiger partial charge is 0.241 e. The number of hydrogen-bond acceptors (Lipinski definition) is 3. The first-order chi connectivity index (χ1) is 12.4. The molecule has 0 bridgehead atoms. The summed E-state index contributed by atoms with van der Waals surface area (Å²) in [5, 5.41) is 1.47. The van der Waals surface area contributed by atoms with Crippen LogP contribution in [0.1, 0.15) is 11.1 Å². The first kappa shape index (κ1) is 18.1. The maximum atomic E-state index is 12.9. The molecule has 0 spiro atoms. The Hall–Kier alpha value is -2.70. The van der Waals surface area contributed by atoms with E-state index in [1.807, 2.05) is 49.4 Å². The van der Waals surface area contributed by atoms with E-state index in [0.717, 1.165) is 16.5 Å². The molecule has 1 unspecified atom stereocenters. The Labute approximate surface area is 152 Å². The molecule has 0 aliphatic heterocycles. The number of amides is 1. The Morgan fingerprint density at radius 3 is 2.23 bits per heavy atom. The second-order valence-corrected chi connectivity index (χ2v) is 7.87. The summed E-state index contributed by atoms with van der Waals surface area (Å²) >= 11 is 0. The summed E-state index contributed by atoms with van der Waals surface area (Å²) in [7, 11) is -3.92. The van der Waals surface area contributed by atoms with E-state index in [2.05, 4.69) is 4.72 Å². The van der Waals surface area contributed by atoms with Crippen LogP contribution in [0.25, 0.3) is 10.8 Å². The van der Waals surface area contributed by atoms with E-state index in [1.165, 1.54) is 0 Å². The number of rotatable bonds is 6. The molecule has 0 heterocycles. The van der Waals surface area contributed by atoms with Gasteiger partial charge in [0.05, 0.1) is 4.90 Å². The van der Waals surface area contributed by atoms with Gasteiger partial charge in [0.2, 0.25) is 15.9 Å². The zero-order valence-corrected chi connectivity index (χ0v) is 15.2. The summed E-state index contributed by atoms with van der Waals surface area (Å²) in [6.45, 7) is 1.92. The molecule has 134 valence electrons. The molecule has 0 saturated heterocycles. The molecule has 0 aromatic heterocycles. The summed E-state index contributed by atoms with van der Waals surface area (Å²) < 4.78 is 28.4. The lowest BCUT2D eigenvalue weighted by Crippen LogP contribution is -2.45. The van der Waals surface area contributed by atoms with E-state index < -0.39 is 22.0 Å². The van der Waals surface area contributed by atoms with Crippen molar-refractivity contribution in [1.29, 1.82) is 0 Å². The van der Waals surface area contributed by atoms with E-state index in [4.69, 9.17) is 5.73 Å². The van der Waals surface area contributed by atoms with Crippen molar-refractivity contribution in [2.75, 3.05) is 0 Å². The Balaban J connectivity index is 1.97. The number of benzene rings is 3. The van der Waals surface area contributed by atoms with Crippen LogP contribution >= 0.6 is 0 Å². The van der Waals surface area contributed by atoms with E-state index in [0.29, 0.717) is 5.39 Å². The zero-order chi connectivity index (χ0) is 18.7. The third-order valence-corrected chi connectivity index (χ3v) is 5.84. The summed E-state index contributed by atoms with van der Waals surface area (Å²) in [6.07, 6.45) is 0.194. The van der Waals surface area contributed by atoms with Gasteiger partial charge in [-0.15, -0.1) is 0 Å². The van der Waals surface area contributed by atoms with Crippen LogP contribution in [0.15, 0.2) is 71.6 Å². The monoisotopic (exact) mass is 368 g/mol. The van der Waals surface area contributed by atoms with Crippen LogP contribution < -0.4 is 10.5 Å². The van der Waals surface area contributed by atoms with Crippen LogP contribution in [-0.4, -0.2) is 20.4 Å². The van der Waals surface area contributed by atoms with Crippen molar-refractivity contribution in [2.24, 2.45) is 5.73 Å². The van der Waals surface area contributed by atoms with E-state index in [1.54, 1.807) is 24.3 Å². The van der Waals surface area contributed by atoms with Crippen molar-refractivity contribution in [3.8, 4) is 0 Å². The fourth-order valence-electron chi connectivity index (χ4n) is 2.96. The standard InChI is InChI=1S/C20H20N2O3S/c1-14-11-12-19(17-10-6-5-9-16(14)17)26(24,25)22-18(20(21)23)13-15-7-3-2-4-8-15/h2-12,18,22H,13H2,1H3,(H2,21,23). The number of carbonyl (C=O) groups excluding carboxylic acids is 1. The third-order valence-electron chi connectivity index (χ3n) is 4.32. The van der Waals surface area contributed by atoms with E-state index in [-0.39, 0.29) is 11.3 Å². The van der Waals surface area contributed by atoms with Gasteiger partial charge in [0.1, 0.15) is 6.04 Å². The fourth-order valence-corrected chi connectivity index (χ4v) is 4.37. The Morgan fingerprint density at radius 1 is 0.962 bits per heavy atom. The van der Waals surface area contributed by atoms with Gasteiger partial charge in [0, 0.05) is 5.39 Å². The van der Waals surface area contributed by atoms with Crippen LogP contribution in [0.5, 0.6) is 0 Å². The number of fused-ring (bicyclic) bond motifs is 1. The largest absolute Gasteiger partial charge is 0.368 e. The molecule has 3 aromatic carbocycles. The summed E-state index contributed by atoms with van der Waals surface area (Å²) in [6, 6.07) is 18.7. The minimum absolute atomic E-state index is 0.137. The normalized spacial score (nSPS) is 12.8. The molecule has 0 fully saturated rings. The maximum absolute atomic E-state index is 12.9. The lowest BCUT2D eigenvalue weighted by molar-refractivity contribution is -0.119. The minimum atomic E-state index is -3.92. The van der Waals surface area contributed by atoms with Crippen molar-refractivity contribution >= 4 is 26.7 Å². The zero-order valence-electron chi connectivity index (χ0n) is 14.3. The minimum Gasteiger partial charge on any atom is -0.368 e. The topological polar surface area (TPSA) is 89.3 Å². The number of aryl methyl sites for hydroxylation is 1. The first-order valence-electron chi connectivity index (χ1n) is 8.22. The quantitative estimate of drug-likeness (QED) is 0.701. The summed E-state index contributed by atoms with van der Waals surface area (Å²) in [5.74, 6) is -0.714. The molecule has 3 N–H and O–H groups in total. The van der Waals surface area contributed by atoms with Gasteiger partial charge in [-0.2, -0.15) is 4.72 Å². The van der Waals surface area contributed by atoms with Crippen molar-refractivity contribution < 1.29 is 13.2 Å². The molecule has 3 rings (SSSR count). The highest BCUT2D eigenvalue weighted by atomic mass is 32.2. The Kier molecular flexibility index (Phi) is 5.06. The van der Waals surface area contributed by atoms with Crippen LogP contribution in [0.3, 0.4) is 0 Å². The van der Waals surface area contributed by atoms with Gasteiger partial charge in [0.15, 0.2) is 0 Å². The molecular formula is C20H20N2O3S. The molecule has 6 heteroatoms. The number of sulfonamides is 1. The average molecular weight is 368 g/mol. The highest BCUT2D eigenvalue weighted by molar-refractivity contribution is 7.89. The number of nitrogens with one attached hydrogen (secondary N) is 1. The molecule has 0 aliphatic rings. The molecular weight excluding hydrogens is 348 g/mol. The lowest BCUT2D eigenvalue weighted by atomic mass is 10.1. The van der Waals surface area contributed by atoms with Crippen LogP contribution in [-0.2, 0) is 21.2 Å². The number of primary amides is 1. The van der Waals surface area contributed by atoms with Crippen molar-refractivity contribution in [3.63, 3.8) is 0 Å². The number of nitrogens with two attached hydrogens (primary N) is 1. The van der Waals surface area contributed by atoms with Gasteiger partial charge in [0.25, 0.3) is 0 Å². The molecule has 0 radical (unpaired) electrons. The predicted molar refractivity (Wildman–Crippen MR) is 102 cm³/mol. The lowest BCUT2D eigenvalue weighted by Gasteiger charge is -2.17. The Bertz CT molecular complexity index is 1050. The fraction of sp³-hybridized carbons (Fsp3) is 0.150. The molecule has 1 atom stereocenters. The molecule has 26 heavy (non-hydrogen) atoms. The van der Waals surface area contributed by atoms with Gasteiger partial charge in [-0.3, -0.25) is 4.79 Å². The molecule has 0 aliphatic carbocycles. The van der Waals surface area contributed by atoms with Gasteiger partial charge in [-0.05, 0) is 35.9 Å². The van der Waals surface area contributed by atoms with Gasteiger partial charge in [-0.25, -0.2) is 8.42 Å². The number of hydrogen-bond donors (Lipinski definition) is 2. The summed E-state index contributed by atoms with van der Waals surface area (Å²) in [4.78, 5) is 12.0. The second kappa shape index (κ2) is 7.27. The SMILES string of the molecule is Cc1ccc(S(=O)(=O)NC(Cc2ccccc2)C(N)=O)c2ccccc12. The van der Waals surface area contributed by atoms with Crippen LogP contribution in [0.4, 0.5) is 0 Å².